The maximum Gasteiger partial charge on any atom is 0.255 e. The summed E-state index contributed by atoms with van der Waals surface area (Å²) < 4.78 is 0. The first-order chi connectivity index (χ1) is 12.6. The predicted octanol–water partition coefficient (Wildman–Crippen LogP) is 3.24. The first-order valence-electron chi connectivity index (χ1n) is 9.45. The molecule has 2 fully saturated rings. The van der Waals surface area contributed by atoms with Gasteiger partial charge in [0.1, 0.15) is 5.82 Å². The van der Waals surface area contributed by atoms with Gasteiger partial charge in [0, 0.05) is 44.1 Å². The van der Waals surface area contributed by atoms with Gasteiger partial charge in [-0.1, -0.05) is 12.1 Å². The number of nitrogens with zero attached hydrogens (tertiary/aromatic N) is 3. The highest BCUT2D eigenvalue weighted by Gasteiger charge is 2.24. The van der Waals surface area contributed by atoms with Crippen molar-refractivity contribution in [3.8, 4) is 0 Å². The summed E-state index contributed by atoms with van der Waals surface area (Å²) in [6, 6.07) is 10.8. The van der Waals surface area contributed by atoms with Crippen LogP contribution in [0.1, 0.15) is 34.3 Å². The fourth-order valence-electron chi connectivity index (χ4n) is 3.45. The number of piperazine rings is 1. The van der Waals surface area contributed by atoms with Crippen LogP contribution in [0.4, 0.5) is 11.5 Å². The second-order valence-corrected chi connectivity index (χ2v) is 7.35. The Morgan fingerprint density at radius 2 is 1.85 bits per heavy atom. The van der Waals surface area contributed by atoms with Crippen molar-refractivity contribution in [2.45, 2.75) is 32.7 Å². The van der Waals surface area contributed by atoms with Crippen molar-refractivity contribution in [2.24, 2.45) is 0 Å². The van der Waals surface area contributed by atoms with Crippen LogP contribution >= 0.6 is 0 Å². The van der Waals surface area contributed by atoms with Crippen LogP contribution in [0, 0.1) is 13.8 Å². The van der Waals surface area contributed by atoms with Crippen LogP contribution in [0.15, 0.2) is 36.5 Å². The number of hydrogen-bond acceptors (Lipinski definition) is 4. The predicted molar refractivity (Wildman–Crippen MR) is 105 cm³/mol. The molecule has 1 N–H and O–H groups in total. The highest BCUT2D eigenvalue weighted by atomic mass is 16.2. The zero-order valence-corrected chi connectivity index (χ0v) is 15.5. The number of carbonyl (C=O) groups excluding carboxylic acids is 1. The molecule has 1 saturated carbocycles. The number of benzene rings is 1. The normalized spacial score (nSPS) is 17.3. The molecule has 1 amide bonds. The molecule has 4 rings (SSSR count). The van der Waals surface area contributed by atoms with Crippen molar-refractivity contribution in [3.63, 3.8) is 0 Å². The van der Waals surface area contributed by atoms with Crippen LogP contribution in [-0.2, 0) is 0 Å². The van der Waals surface area contributed by atoms with Gasteiger partial charge in [-0.15, -0.1) is 0 Å². The summed E-state index contributed by atoms with van der Waals surface area (Å²) in [6.07, 6.45) is 4.13. The van der Waals surface area contributed by atoms with E-state index in [1.807, 2.05) is 17.0 Å². The summed E-state index contributed by atoms with van der Waals surface area (Å²) in [5.41, 5.74) is 4.60. The maximum absolute atomic E-state index is 12.8. The van der Waals surface area contributed by atoms with Gasteiger partial charge in [0.05, 0.1) is 5.56 Å². The van der Waals surface area contributed by atoms with E-state index in [-0.39, 0.29) is 5.91 Å². The third kappa shape index (κ3) is 3.52. The minimum Gasteiger partial charge on any atom is -0.368 e. The lowest BCUT2D eigenvalue weighted by Crippen LogP contribution is -2.49. The van der Waals surface area contributed by atoms with Gasteiger partial charge in [0.25, 0.3) is 5.91 Å². The fourth-order valence-corrected chi connectivity index (χ4v) is 3.45. The second kappa shape index (κ2) is 6.98. The monoisotopic (exact) mass is 350 g/mol. The third-order valence-electron chi connectivity index (χ3n) is 5.42. The highest BCUT2D eigenvalue weighted by molar-refractivity contribution is 5.94. The number of anilines is 2. The molecule has 1 aromatic carbocycles. The van der Waals surface area contributed by atoms with Gasteiger partial charge in [-0.05, 0) is 56.0 Å². The van der Waals surface area contributed by atoms with E-state index in [0.29, 0.717) is 11.6 Å². The van der Waals surface area contributed by atoms with Crippen LogP contribution in [0.25, 0.3) is 0 Å². The molecule has 0 radical (unpaired) electrons. The van der Waals surface area contributed by atoms with E-state index in [9.17, 15) is 4.79 Å². The molecular weight excluding hydrogens is 324 g/mol. The van der Waals surface area contributed by atoms with Crippen LogP contribution in [0.2, 0.25) is 0 Å². The molecule has 136 valence electrons. The number of amides is 1. The summed E-state index contributed by atoms with van der Waals surface area (Å²) in [7, 11) is 0. The summed E-state index contributed by atoms with van der Waals surface area (Å²) in [5.74, 6) is 0.944. The van der Waals surface area contributed by atoms with Crippen LogP contribution < -0.4 is 10.2 Å². The lowest BCUT2D eigenvalue weighted by molar-refractivity contribution is 0.0746. The van der Waals surface area contributed by atoms with E-state index in [0.717, 1.165) is 32.0 Å². The smallest absolute Gasteiger partial charge is 0.255 e. The Morgan fingerprint density at radius 3 is 2.50 bits per heavy atom. The van der Waals surface area contributed by atoms with Crippen LogP contribution in [-0.4, -0.2) is 48.0 Å². The minimum atomic E-state index is 0.0797. The lowest BCUT2D eigenvalue weighted by atomic mass is 10.1. The molecule has 1 saturated heterocycles. The van der Waals surface area contributed by atoms with Crippen LogP contribution in [0.5, 0.6) is 0 Å². The Labute approximate surface area is 155 Å². The van der Waals surface area contributed by atoms with Gasteiger partial charge in [-0.2, -0.15) is 0 Å². The number of nitrogens with one attached hydrogen (secondary N) is 1. The SMILES string of the molecule is Cc1cccc(N2CCN(C(=O)c3ccc(NC4CC4)nc3)CC2)c1C. The Morgan fingerprint density at radius 1 is 1.08 bits per heavy atom. The molecule has 1 aliphatic carbocycles. The highest BCUT2D eigenvalue weighted by Crippen LogP contribution is 2.25. The summed E-state index contributed by atoms with van der Waals surface area (Å²) in [4.78, 5) is 21.5. The van der Waals surface area contributed by atoms with Gasteiger partial charge >= 0.3 is 0 Å². The van der Waals surface area contributed by atoms with E-state index in [1.54, 1.807) is 6.20 Å². The minimum absolute atomic E-state index is 0.0797. The average molecular weight is 350 g/mol. The van der Waals surface area contributed by atoms with E-state index < -0.39 is 0 Å². The van der Waals surface area contributed by atoms with Crippen molar-refractivity contribution in [1.29, 1.82) is 0 Å². The number of aryl methyl sites for hydroxylation is 1. The molecule has 0 spiro atoms. The molecule has 0 atom stereocenters. The van der Waals surface area contributed by atoms with Gasteiger partial charge < -0.3 is 15.1 Å². The van der Waals surface area contributed by atoms with Crippen molar-refractivity contribution in [2.75, 3.05) is 36.4 Å². The lowest BCUT2D eigenvalue weighted by Gasteiger charge is -2.37. The molecule has 2 aliphatic rings. The number of hydrogen-bond donors (Lipinski definition) is 1. The topological polar surface area (TPSA) is 48.5 Å². The van der Waals surface area contributed by atoms with E-state index in [1.165, 1.54) is 29.7 Å². The van der Waals surface area contributed by atoms with E-state index in [4.69, 9.17) is 0 Å². The zero-order valence-electron chi connectivity index (χ0n) is 15.5. The maximum atomic E-state index is 12.8. The van der Waals surface area contributed by atoms with Gasteiger partial charge in [-0.25, -0.2) is 4.98 Å². The second-order valence-electron chi connectivity index (χ2n) is 7.35. The Kier molecular flexibility index (Phi) is 4.53. The molecule has 0 bridgehead atoms. The Balaban J connectivity index is 1.37. The van der Waals surface area contributed by atoms with Crippen molar-refractivity contribution in [3.05, 3.63) is 53.2 Å². The first-order valence-corrected chi connectivity index (χ1v) is 9.45. The van der Waals surface area contributed by atoms with Gasteiger partial charge in [-0.3, -0.25) is 4.79 Å². The molecule has 0 unspecified atom stereocenters. The van der Waals surface area contributed by atoms with Crippen molar-refractivity contribution >= 4 is 17.4 Å². The number of carbonyl (C=O) groups is 1. The molecule has 2 aromatic rings. The number of rotatable bonds is 4. The van der Waals surface area contributed by atoms with E-state index in [2.05, 4.69) is 47.2 Å². The fraction of sp³-hybridized carbons (Fsp3) is 0.429. The van der Waals surface area contributed by atoms with Crippen molar-refractivity contribution < 1.29 is 4.79 Å². The standard InChI is InChI=1S/C21H26N4O/c1-15-4-3-5-19(16(15)2)24-10-12-25(13-11-24)21(26)17-6-9-20(22-14-17)23-18-7-8-18/h3-6,9,14,18H,7-8,10-13H2,1-2H3,(H,22,23). The average Bonchev–Trinajstić information content (AvgIpc) is 3.48. The van der Waals surface area contributed by atoms with E-state index >= 15 is 0 Å². The van der Waals surface area contributed by atoms with Gasteiger partial charge in [0.2, 0.25) is 0 Å². The molecular formula is C21H26N4O. The largest absolute Gasteiger partial charge is 0.368 e. The molecule has 5 nitrogen and oxygen atoms in total. The first kappa shape index (κ1) is 16.9. The Bertz CT molecular complexity index is 790. The summed E-state index contributed by atoms with van der Waals surface area (Å²) in [6.45, 7) is 7.54. The molecule has 5 heteroatoms. The number of pyridine rings is 1. The van der Waals surface area contributed by atoms with Gasteiger partial charge in [0.15, 0.2) is 0 Å². The summed E-state index contributed by atoms with van der Waals surface area (Å²) >= 11 is 0. The quantitative estimate of drug-likeness (QED) is 0.920. The van der Waals surface area contributed by atoms with Crippen molar-refractivity contribution in [1.82, 2.24) is 9.88 Å². The molecule has 2 heterocycles. The molecule has 1 aliphatic heterocycles. The Hall–Kier alpha value is -2.56. The number of aromatic nitrogens is 1. The third-order valence-corrected chi connectivity index (χ3v) is 5.42. The molecule has 1 aromatic heterocycles. The molecule has 26 heavy (non-hydrogen) atoms. The summed E-state index contributed by atoms with van der Waals surface area (Å²) in [5, 5.41) is 3.35. The van der Waals surface area contributed by atoms with Crippen LogP contribution in [0.3, 0.4) is 0 Å². The zero-order chi connectivity index (χ0) is 18.1.